The van der Waals surface area contributed by atoms with Crippen molar-refractivity contribution in [3.63, 3.8) is 0 Å². The van der Waals surface area contributed by atoms with Gasteiger partial charge in [-0.1, -0.05) is 0 Å². The molecule has 1 rings (SSSR count). The number of aromatic nitrogens is 2. The van der Waals surface area contributed by atoms with Crippen molar-refractivity contribution in [1.82, 2.24) is 9.55 Å². The number of nitrogens with two attached hydrogens (primary N) is 1. The van der Waals surface area contributed by atoms with Crippen LogP contribution in [-0.2, 0) is 7.05 Å². The molecule has 80 valence electrons. The third kappa shape index (κ3) is 2.33. The number of hydrogen-bond acceptors (Lipinski definition) is 3. The van der Waals surface area contributed by atoms with E-state index in [1.165, 1.54) is 0 Å². The molecule has 0 saturated carbocycles. The second-order valence-electron chi connectivity index (χ2n) is 4.32. The molecule has 4 nitrogen and oxygen atoms in total. The lowest BCUT2D eigenvalue weighted by Gasteiger charge is -2.30. The minimum atomic E-state index is -0.337. The number of aliphatic hydroxyl groups is 1. The van der Waals surface area contributed by atoms with Gasteiger partial charge in [0.1, 0.15) is 0 Å². The first-order valence-electron chi connectivity index (χ1n) is 4.82. The van der Waals surface area contributed by atoms with Crippen LogP contribution >= 0.6 is 0 Å². The summed E-state index contributed by atoms with van der Waals surface area (Å²) in [6.45, 7) is 4.09. The average molecular weight is 197 g/mol. The van der Waals surface area contributed by atoms with E-state index >= 15 is 0 Å². The van der Waals surface area contributed by atoms with Crippen LogP contribution in [0.5, 0.6) is 0 Å². The number of nitrogens with zero attached hydrogens (tertiary/aromatic N) is 2. The van der Waals surface area contributed by atoms with Crippen molar-refractivity contribution in [2.24, 2.45) is 12.8 Å². The summed E-state index contributed by atoms with van der Waals surface area (Å²) in [5, 5.41) is 9.00. The Morgan fingerprint density at radius 3 is 2.64 bits per heavy atom. The van der Waals surface area contributed by atoms with Gasteiger partial charge in [0.15, 0.2) is 0 Å². The summed E-state index contributed by atoms with van der Waals surface area (Å²) in [6.07, 6.45) is 4.24. The maximum atomic E-state index is 9.00. The summed E-state index contributed by atoms with van der Waals surface area (Å²) in [5.74, 6) is 0.139. The Labute approximate surface area is 84.8 Å². The molecule has 1 unspecified atom stereocenters. The van der Waals surface area contributed by atoms with Crippen LogP contribution in [0.25, 0.3) is 0 Å². The van der Waals surface area contributed by atoms with Crippen LogP contribution in [0.3, 0.4) is 0 Å². The quantitative estimate of drug-likeness (QED) is 0.744. The van der Waals surface area contributed by atoms with Gasteiger partial charge in [-0.05, 0) is 20.3 Å². The summed E-state index contributed by atoms with van der Waals surface area (Å²) in [5.41, 5.74) is 6.81. The fraction of sp³-hybridized carbons (Fsp3) is 0.700. The van der Waals surface area contributed by atoms with E-state index in [0.717, 1.165) is 5.69 Å². The second kappa shape index (κ2) is 4.11. The fourth-order valence-corrected chi connectivity index (χ4v) is 1.73. The van der Waals surface area contributed by atoms with E-state index in [4.69, 9.17) is 10.8 Å². The number of aliphatic hydroxyl groups excluding tert-OH is 1. The molecule has 0 aliphatic heterocycles. The molecule has 3 N–H and O–H groups in total. The largest absolute Gasteiger partial charge is 0.396 e. The monoisotopic (exact) mass is 197 g/mol. The van der Waals surface area contributed by atoms with E-state index in [1.54, 1.807) is 6.33 Å². The molecule has 1 atom stereocenters. The van der Waals surface area contributed by atoms with Gasteiger partial charge < -0.3 is 15.4 Å². The number of hydrogen-bond donors (Lipinski definition) is 2. The molecular formula is C10H19N3O. The first-order chi connectivity index (χ1) is 6.46. The maximum absolute atomic E-state index is 9.00. The predicted molar refractivity (Wildman–Crippen MR) is 55.9 cm³/mol. The average Bonchev–Trinajstić information content (AvgIpc) is 2.45. The molecule has 0 bridgehead atoms. The smallest absolute Gasteiger partial charge is 0.0945 e. The Bertz CT molecular complexity index is 288. The second-order valence-corrected chi connectivity index (χ2v) is 4.32. The number of imidazole rings is 1. The van der Waals surface area contributed by atoms with Gasteiger partial charge in [0.2, 0.25) is 0 Å². The molecule has 0 fully saturated rings. The van der Waals surface area contributed by atoms with Crippen LogP contribution in [0, 0.1) is 0 Å². The normalized spacial score (nSPS) is 14.4. The summed E-state index contributed by atoms with van der Waals surface area (Å²) in [4.78, 5) is 4.06. The van der Waals surface area contributed by atoms with E-state index in [1.807, 2.05) is 31.7 Å². The van der Waals surface area contributed by atoms with Crippen LogP contribution in [0.4, 0.5) is 0 Å². The van der Waals surface area contributed by atoms with Crippen LogP contribution in [0.15, 0.2) is 12.5 Å². The zero-order valence-corrected chi connectivity index (χ0v) is 9.07. The first-order valence-corrected chi connectivity index (χ1v) is 4.82. The van der Waals surface area contributed by atoms with E-state index in [0.29, 0.717) is 6.42 Å². The Kier molecular flexibility index (Phi) is 3.29. The maximum Gasteiger partial charge on any atom is 0.0945 e. The van der Waals surface area contributed by atoms with Crippen molar-refractivity contribution in [3.05, 3.63) is 18.2 Å². The SMILES string of the molecule is Cn1cncc1C(CCO)C(C)(C)N. The van der Waals surface area contributed by atoms with Gasteiger partial charge >= 0.3 is 0 Å². The van der Waals surface area contributed by atoms with Gasteiger partial charge in [-0.3, -0.25) is 0 Å². The van der Waals surface area contributed by atoms with E-state index in [2.05, 4.69) is 4.98 Å². The third-order valence-corrected chi connectivity index (χ3v) is 2.53. The van der Waals surface area contributed by atoms with Crippen molar-refractivity contribution in [2.75, 3.05) is 6.61 Å². The van der Waals surface area contributed by atoms with Crippen LogP contribution in [0.2, 0.25) is 0 Å². The van der Waals surface area contributed by atoms with Crippen molar-refractivity contribution in [2.45, 2.75) is 31.7 Å². The molecule has 14 heavy (non-hydrogen) atoms. The lowest BCUT2D eigenvalue weighted by Crippen LogP contribution is -2.40. The zero-order chi connectivity index (χ0) is 10.8. The molecule has 0 saturated heterocycles. The Balaban J connectivity index is 2.95. The molecular weight excluding hydrogens is 178 g/mol. The molecule has 4 heteroatoms. The molecule has 0 amide bonds. The van der Waals surface area contributed by atoms with Gasteiger partial charge in [0.25, 0.3) is 0 Å². The van der Waals surface area contributed by atoms with Crippen LogP contribution in [0.1, 0.15) is 31.9 Å². The molecule has 1 aromatic rings. The van der Waals surface area contributed by atoms with Crippen molar-refractivity contribution >= 4 is 0 Å². The standard InChI is InChI=1S/C10H19N3O/c1-10(2,11)8(4-5-14)9-6-12-7-13(9)3/h6-8,14H,4-5,11H2,1-3H3. The first kappa shape index (κ1) is 11.2. The number of aryl methyl sites for hydroxylation is 1. The Hall–Kier alpha value is -0.870. The predicted octanol–water partition coefficient (Wildman–Crippen LogP) is 0.623. The summed E-state index contributed by atoms with van der Waals surface area (Å²) < 4.78 is 1.95. The highest BCUT2D eigenvalue weighted by molar-refractivity contribution is 5.12. The molecule has 1 aromatic heterocycles. The fourth-order valence-electron chi connectivity index (χ4n) is 1.73. The minimum Gasteiger partial charge on any atom is -0.396 e. The van der Waals surface area contributed by atoms with Crippen LogP contribution < -0.4 is 5.73 Å². The Morgan fingerprint density at radius 1 is 1.64 bits per heavy atom. The molecule has 0 radical (unpaired) electrons. The van der Waals surface area contributed by atoms with Crippen molar-refractivity contribution < 1.29 is 5.11 Å². The van der Waals surface area contributed by atoms with E-state index in [9.17, 15) is 0 Å². The summed E-state index contributed by atoms with van der Waals surface area (Å²) in [7, 11) is 1.94. The van der Waals surface area contributed by atoms with Gasteiger partial charge in [-0.15, -0.1) is 0 Å². The van der Waals surface area contributed by atoms with Gasteiger partial charge in [0.05, 0.1) is 6.33 Å². The Morgan fingerprint density at radius 2 is 2.29 bits per heavy atom. The molecule has 1 heterocycles. The van der Waals surface area contributed by atoms with Gasteiger partial charge in [-0.2, -0.15) is 0 Å². The summed E-state index contributed by atoms with van der Waals surface area (Å²) in [6, 6.07) is 0. The lowest BCUT2D eigenvalue weighted by atomic mass is 9.83. The lowest BCUT2D eigenvalue weighted by molar-refractivity contribution is 0.247. The molecule has 0 spiro atoms. The number of rotatable bonds is 4. The highest BCUT2D eigenvalue weighted by Crippen LogP contribution is 2.28. The minimum absolute atomic E-state index is 0.139. The highest BCUT2D eigenvalue weighted by atomic mass is 16.3. The van der Waals surface area contributed by atoms with Gasteiger partial charge in [0, 0.05) is 37.0 Å². The molecule has 0 aromatic carbocycles. The van der Waals surface area contributed by atoms with Crippen molar-refractivity contribution in [3.8, 4) is 0 Å². The highest BCUT2D eigenvalue weighted by Gasteiger charge is 2.28. The van der Waals surface area contributed by atoms with Gasteiger partial charge in [-0.25, -0.2) is 4.98 Å². The molecule has 0 aliphatic rings. The summed E-state index contributed by atoms with van der Waals surface area (Å²) >= 11 is 0. The topological polar surface area (TPSA) is 64.1 Å². The molecule has 0 aliphatic carbocycles. The third-order valence-electron chi connectivity index (χ3n) is 2.53. The van der Waals surface area contributed by atoms with Crippen molar-refractivity contribution in [1.29, 1.82) is 0 Å². The van der Waals surface area contributed by atoms with Crippen LogP contribution in [-0.4, -0.2) is 26.8 Å². The zero-order valence-electron chi connectivity index (χ0n) is 9.07. The van der Waals surface area contributed by atoms with E-state index < -0.39 is 0 Å². The van der Waals surface area contributed by atoms with E-state index in [-0.39, 0.29) is 18.1 Å².